The lowest BCUT2D eigenvalue weighted by molar-refractivity contribution is -0.115. The van der Waals surface area contributed by atoms with Gasteiger partial charge in [0.25, 0.3) is 5.91 Å². The number of amides is 2. The van der Waals surface area contributed by atoms with Crippen molar-refractivity contribution in [2.75, 3.05) is 11.9 Å². The molecule has 3 rings (SSSR count). The maximum atomic E-state index is 12.4. The summed E-state index contributed by atoms with van der Waals surface area (Å²) in [6.07, 6.45) is 0. The normalized spacial score (nSPS) is 10.6. The van der Waals surface area contributed by atoms with E-state index in [1.54, 1.807) is 24.3 Å². The van der Waals surface area contributed by atoms with Gasteiger partial charge in [-0.15, -0.1) is 22.7 Å². The smallest absolute Gasteiger partial charge is 0.263 e. The van der Waals surface area contributed by atoms with Crippen molar-refractivity contribution in [1.29, 1.82) is 0 Å². The number of hydrogen-bond donors (Lipinski definition) is 2. The van der Waals surface area contributed by atoms with E-state index in [9.17, 15) is 9.59 Å². The maximum Gasteiger partial charge on any atom is 0.263 e. The zero-order valence-corrected chi connectivity index (χ0v) is 17.3. The minimum absolute atomic E-state index is 0.0976. The fourth-order valence-electron chi connectivity index (χ4n) is 2.28. The Morgan fingerprint density at radius 2 is 2.04 bits per heavy atom. The first-order chi connectivity index (χ1) is 12.4. The van der Waals surface area contributed by atoms with Gasteiger partial charge in [0.1, 0.15) is 9.88 Å². The number of carbonyl (C=O) groups excluding carboxylic acids is 2. The Morgan fingerprint density at radius 3 is 2.73 bits per heavy atom. The molecule has 2 aromatic heterocycles. The second-order valence-corrected chi connectivity index (χ2v) is 8.41. The largest absolute Gasteiger partial charge is 0.342 e. The van der Waals surface area contributed by atoms with E-state index in [0.717, 1.165) is 19.9 Å². The summed E-state index contributed by atoms with van der Waals surface area (Å²) in [5.41, 5.74) is 2.38. The monoisotopic (exact) mass is 449 g/mol. The molecule has 0 atom stereocenters. The predicted octanol–water partition coefficient (Wildman–Crippen LogP) is 4.62. The SMILES string of the molecule is Cc1cc(NC(=O)CNC(=O)c2sc(-c3cccs3)nc2C)ccc1Br. The van der Waals surface area contributed by atoms with Gasteiger partial charge in [-0.05, 0) is 49.1 Å². The summed E-state index contributed by atoms with van der Waals surface area (Å²) in [6, 6.07) is 9.46. The lowest BCUT2D eigenvalue weighted by atomic mass is 10.2. The van der Waals surface area contributed by atoms with Crippen molar-refractivity contribution in [2.45, 2.75) is 13.8 Å². The van der Waals surface area contributed by atoms with E-state index in [0.29, 0.717) is 16.3 Å². The molecule has 0 fully saturated rings. The van der Waals surface area contributed by atoms with E-state index in [4.69, 9.17) is 0 Å². The highest BCUT2D eigenvalue weighted by molar-refractivity contribution is 9.10. The summed E-state index contributed by atoms with van der Waals surface area (Å²) in [5, 5.41) is 8.22. The van der Waals surface area contributed by atoms with E-state index in [1.165, 1.54) is 11.3 Å². The van der Waals surface area contributed by atoms with Gasteiger partial charge in [-0.25, -0.2) is 4.98 Å². The number of aromatic nitrogens is 1. The quantitative estimate of drug-likeness (QED) is 0.596. The van der Waals surface area contributed by atoms with Gasteiger partial charge in [0, 0.05) is 10.2 Å². The Bertz CT molecular complexity index is 952. The summed E-state index contributed by atoms with van der Waals surface area (Å²) in [5.74, 6) is -0.564. The molecule has 26 heavy (non-hydrogen) atoms. The highest BCUT2D eigenvalue weighted by Gasteiger charge is 2.17. The molecule has 2 heterocycles. The fourth-order valence-corrected chi connectivity index (χ4v) is 4.31. The van der Waals surface area contributed by atoms with Gasteiger partial charge in [0.15, 0.2) is 0 Å². The molecule has 0 aliphatic heterocycles. The molecule has 3 aromatic rings. The first-order valence-corrected chi connectivity index (χ1v) is 10.3. The Morgan fingerprint density at radius 1 is 1.23 bits per heavy atom. The highest BCUT2D eigenvalue weighted by Crippen LogP contribution is 2.30. The molecule has 5 nitrogen and oxygen atoms in total. The molecule has 0 unspecified atom stereocenters. The number of benzene rings is 1. The summed E-state index contributed by atoms with van der Waals surface area (Å²) < 4.78 is 0.978. The second-order valence-electron chi connectivity index (χ2n) is 5.61. The van der Waals surface area contributed by atoms with Crippen molar-refractivity contribution >= 4 is 56.1 Å². The van der Waals surface area contributed by atoms with Crippen LogP contribution in [-0.4, -0.2) is 23.3 Å². The van der Waals surface area contributed by atoms with Crippen molar-refractivity contribution in [3.63, 3.8) is 0 Å². The Kier molecular flexibility index (Phi) is 5.85. The zero-order valence-electron chi connectivity index (χ0n) is 14.1. The number of thiophene rings is 1. The van der Waals surface area contributed by atoms with Crippen LogP contribution in [0.5, 0.6) is 0 Å². The van der Waals surface area contributed by atoms with Crippen LogP contribution in [0.2, 0.25) is 0 Å². The summed E-state index contributed by atoms with van der Waals surface area (Å²) in [6.45, 7) is 3.64. The van der Waals surface area contributed by atoms with E-state index in [1.807, 2.05) is 36.6 Å². The molecule has 0 saturated heterocycles. The molecule has 0 aliphatic carbocycles. The number of rotatable bonds is 5. The fraction of sp³-hybridized carbons (Fsp3) is 0.167. The van der Waals surface area contributed by atoms with Crippen molar-refractivity contribution in [1.82, 2.24) is 10.3 Å². The van der Waals surface area contributed by atoms with E-state index >= 15 is 0 Å². The number of carbonyl (C=O) groups is 2. The number of nitrogens with one attached hydrogen (secondary N) is 2. The molecular weight excluding hydrogens is 434 g/mol. The molecule has 0 spiro atoms. The average molecular weight is 450 g/mol. The summed E-state index contributed by atoms with van der Waals surface area (Å²) in [7, 11) is 0. The van der Waals surface area contributed by atoms with Crippen molar-refractivity contribution in [3.8, 4) is 9.88 Å². The zero-order chi connectivity index (χ0) is 18.7. The van der Waals surface area contributed by atoms with Crippen LogP contribution >= 0.6 is 38.6 Å². The van der Waals surface area contributed by atoms with Crippen LogP contribution < -0.4 is 10.6 Å². The number of thiazole rings is 1. The third-order valence-corrected chi connectivity index (χ3v) is 6.67. The van der Waals surface area contributed by atoms with Crippen LogP contribution in [0.3, 0.4) is 0 Å². The Hall–Kier alpha value is -2.03. The minimum Gasteiger partial charge on any atom is -0.342 e. The van der Waals surface area contributed by atoms with Crippen LogP contribution in [-0.2, 0) is 4.79 Å². The van der Waals surface area contributed by atoms with Crippen LogP contribution in [0.4, 0.5) is 5.69 Å². The van der Waals surface area contributed by atoms with Crippen LogP contribution in [0.15, 0.2) is 40.2 Å². The van der Waals surface area contributed by atoms with Crippen molar-refractivity contribution in [2.24, 2.45) is 0 Å². The van der Waals surface area contributed by atoms with Crippen LogP contribution in [0.25, 0.3) is 9.88 Å². The molecule has 134 valence electrons. The lowest BCUT2D eigenvalue weighted by Gasteiger charge is -2.08. The van der Waals surface area contributed by atoms with Crippen molar-refractivity contribution in [3.05, 3.63) is 56.3 Å². The topological polar surface area (TPSA) is 71.1 Å². The molecule has 0 aliphatic rings. The van der Waals surface area contributed by atoms with E-state index < -0.39 is 0 Å². The second kappa shape index (κ2) is 8.11. The third-order valence-electron chi connectivity index (χ3n) is 3.59. The number of aryl methyl sites for hydroxylation is 2. The average Bonchev–Trinajstić information content (AvgIpc) is 3.25. The van der Waals surface area contributed by atoms with Gasteiger partial charge in [-0.1, -0.05) is 22.0 Å². The number of nitrogens with zero attached hydrogens (tertiary/aromatic N) is 1. The van der Waals surface area contributed by atoms with Gasteiger partial charge >= 0.3 is 0 Å². The summed E-state index contributed by atoms with van der Waals surface area (Å²) >= 11 is 6.34. The molecule has 2 N–H and O–H groups in total. The Labute approximate surface area is 167 Å². The van der Waals surface area contributed by atoms with Crippen LogP contribution in [0.1, 0.15) is 20.9 Å². The van der Waals surface area contributed by atoms with Gasteiger partial charge in [0.2, 0.25) is 5.91 Å². The molecular formula is C18H16BrN3O2S2. The first kappa shape index (κ1) is 18.8. The van der Waals surface area contributed by atoms with Crippen LogP contribution in [0, 0.1) is 13.8 Å². The number of halogens is 1. The standard InChI is InChI=1S/C18H16BrN3O2S2/c1-10-8-12(5-6-13(10)19)22-15(23)9-20-17(24)16-11(2)21-18(26-16)14-4-3-7-25-14/h3-8H,9H2,1-2H3,(H,20,24)(H,22,23). The van der Waals surface area contributed by atoms with Gasteiger partial charge in [0.05, 0.1) is 17.1 Å². The maximum absolute atomic E-state index is 12.4. The highest BCUT2D eigenvalue weighted by atomic mass is 79.9. The first-order valence-electron chi connectivity index (χ1n) is 7.79. The summed E-state index contributed by atoms with van der Waals surface area (Å²) in [4.78, 5) is 30.5. The van der Waals surface area contributed by atoms with E-state index in [-0.39, 0.29) is 18.4 Å². The number of hydrogen-bond acceptors (Lipinski definition) is 5. The molecule has 0 bridgehead atoms. The lowest BCUT2D eigenvalue weighted by Crippen LogP contribution is -2.32. The van der Waals surface area contributed by atoms with E-state index in [2.05, 4.69) is 31.5 Å². The number of anilines is 1. The molecule has 1 aromatic carbocycles. The Balaban J connectivity index is 1.60. The van der Waals surface area contributed by atoms with Crippen molar-refractivity contribution < 1.29 is 9.59 Å². The molecule has 8 heteroatoms. The molecule has 0 saturated carbocycles. The van der Waals surface area contributed by atoms with Gasteiger partial charge in [-0.2, -0.15) is 0 Å². The van der Waals surface area contributed by atoms with Gasteiger partial charge in [-0.3, -0.25) is 9.59 Å². The molecule has 2 amide bonds. The molecule has 0 radical (unpaired) electrons. The predicted molar refractivity (Wildman–Crippen MR) is 110 cm³/mol. The minimum atomic E-state index is -0.287. The van der Waals surface area contributed by atoms with Gasteiger partial charge < -0.3 is 10.6 Å². The third kappa shape index (κ3) is 4.38.